The molecule has 0 atom stereocenters. The van der Waals surface area contributed by atoms with Crippen LogP contribution in [0.3, 0.4) is 0 Å². The summed E-state index contributed by atoms with van der Waals surface area (Å²) < 4.78 is 13.6. The highest BCUT2D eigenvalue weighted by molar-refractivity contribution is 6.15. The lowest BCUT2D eigenvalue weighted by Gasteiger charge is -2.05. The quantitative estimate of drug-likeness (QED) is 0.226. The summed E-state index contributed by atoms with van der Waals surface area (Å²) in [6.07, 6.45) is 0.920. The number of rotatable bonds is 5. The molecule has 6 nitrogen and oxygen atoms in total. The molecule has 0 aromatic heterocycles. The van der Waals surface area contributed by atoms with E-state index in [0.29, 0.717) is 0 Å². The molecule has 0 N–H and O–H groups in total. The molecule has 0 rings (SSSR count). The van der Waals surface area contributed by atoms with Crippen LogP contribution in [0, 0.1) is 0 Å². The second-order valence-electron chi connectivity index (χ2n) is 2.59. The van der Waals surface area contributed by atoms with Crippen molar-refractivity contribution in [3.05, 3.63) is 11.8 Å². The Morgan fingerprint density at radius 1 is 1.06 bits per heavy atom. The van der Waals surface area contributed by atoms with Crippen LogP contribution in [0.25, 0.3) is 0 Å². The Morgan fingerprint density at radius 2 is 1.69 bits per heavy atom. The average Bonchev–Trinajstić information content (AvgIpc) is 2.17. The first kappa shape index (κ1) is 14.2. The van der Waals surface area contributed by atoms with E-state index >= 15 is 0 Å². The molecule has 0 heterocycles. The van der Waals surface area contributed by atoms with Crippen molar-refractivity contribution < 1.29 is 28.6 Å². The Bertz CT molecular complexity index is 304. The van der Waals surface area contributed by atoms with Gasteiger partial charge in [-0.15, -0.1) is 0 Å². The van der Waals surface area contributed by atoms with Gasteiger partial charge in [0.05, 0.1) is 13.2 Å². The van der Waals surface area contributed by atoms with Crippen LogP contribution in [-0.4, -0.2) is 31.1 Å². The molecule has 0 aliphatic carbocycles. The van der Waals surface area contributed by atoms with Crippen molar-refractivity contribution in [3.63, 3.8) is 0 Å². The van der Waals surface area contributed by atoms with Crippen LogP contribution in [0.1, 0.15) is 20.8 Å². The number of esters is 3. The van der Waals surface area contributed by atoms with Crippen LogP contribution in [0.5, 0.6) is 0 Å². The van der Waals surface area contributed by atoms with Gasteiger partial charge in [0.2, 0.25) is 0 Å². The zero-order chi connectivity index (χ0) is 12.6. The van der Waals surface area contributed by atoms with Crippen LogP contribution in [0.4, 0.5) is 0 Å². The Balaban J connectivity index is 4.72. The summed E-state index contributed by atoms with van der Waals surface area (Å²) in [7, 11) is 0. The predicted molar refractivity (Wildman–Crippen MR) is 53.1 cm³/mol. The number of carbonyl (C=O) groups is 3. The third kappa shape index (κ3) is 5.14. The van der Waals surface area contributed by atoms with Gasteiger partial charge in [-0.3, -0.25) is 4.79 Å². The van der Waals surface area contributed by atoms with E-state index in [0.717, 1.165) is 13.2 Å². The minimum absolute atomic E-state index is 0.107. The van der Waals surface area contributed by atoms with Crippen LogP contribution < -0.4 is 0 Å². The second kappa shape index (κ2) is 7.44. The highest BCUT2D eigenvalue weighted by Gasteiger charge is 2.23. The molecule has 6 heteroatoms. The summed E-state index contributed by atoms with van der Waals surface area (Å²) in [5.74, 6) is -2.78. The molecule has 0 saturated heterocycles. The molecule has 0 unspecified atom stereocenters. The highest BCUT2D eigenvalue weighted by Crippen LogP contribution is 2.03. The molecule has 0 aliphatic rings. The number of hydrogen-bond donors (Lipinski definition) is 0. The molecule has 0 aromatic rings. The standard InChI is InChI=1S/C10H14O6/c1-4-14-6-8(9(12)15-5-2)10(13)16-7(3)11/h6H,4-5H2,1-3H3/b8-6-. The SMILES string of the molecule is CCO/C=C(/C(=O)OCC)C(=O)OC(C)=O. The van der Waals surface area contributed by atoms with Crippen molar-refractivity contribution >= 4 is 17.9 Å². The summed E-state index contributed by atoms with van der Waals surface area (Å²) in [4.78, 5) is 33.1. The van der Waals surface area contributed by atoms with Gasteiger partial charge in [-0.05, 0) is 13.8 Å². The smallest absolute Gasteiger partial charge is 0.356 e. The van der Waals surface area contributed by atoms with Crippen LogP contribution >= 0.6 is 0 Å². The van der Waals surface area contributed by atoms with Gasteiger partial charge in [-0.1, -0.05) is 0 Å². The minimum Gasteiger partial charge on any atom is -0.500 e. The molecule has 16 heavy (non-hydrogen) atoms. The first-order valence-electron chi connectivity index (χ1n) is 4.74. The van der Waals surface area contributed by atoms with Gasteiger partial charge < -0.3 is 14.2 Å². The van der Waals surface area contributed by atoms with E-state index in [1.165, 1.54) is 0 Å². The van der Waals surface area contributed by atoms with Gasteiger partial charge in [-0.2, -0.15) is 0 Å². The second-order valence-corrected chi connectivity index (χ2v) is 2.59. The van der Waals surface area contributed by atoms with Gasteiger partial charge in [0.25, 0.3) is 0 Å². The Hall–Kier alpha value is -1.85. The van der Waals surface area contributed by atoms with Crippen LogP contribution in [0.2, 0.25) is 0 Å². The van der Waals surface area contributed by atoms with Gasteiger partial charge in [0.1, 0.15) is 6.26 Å². The predicted octanol–water partition coefficient (Wildman–Crippen LogP) is 0.560. The summed E-state index contributed by atoms with van der Waals surface area (Å²) >= 11 is 0. The molecule has 0 radical (unpaired) electrons. The molecule has 0 saturated carbocycles. The molecular weight excluding hydrogens is 216 g/mol. The normalized spacial score (nSPS) is 10.6. The minimum atomic E-state index is -1.08. The Labute approximate surface area is 93.2 Å². The number of ether oxygens (including phenoxy) is 3. The molecule has 0 fully saturated rings. The van der Waals surface area contributed by atoms with Crippen molar-refractivity contribution in [1.29, 1.82) is 0 Å². The maximum Gasteiger partial charge on any atom is 0.356 e. The summed E-state index contributed by atoms with van der Waals surface area (Å²) in [5, 5.41) is 0. The molecule has 0 amide bonds. The third-order valence-corrected chi connectivity index (χ3v) is 1.32. The highest BCUT2D eigenvalue weighted by atomic mass is 16.6. The van der Waals surface area contributed by atoms with Crippen LogP contribution in [0.15, 0.2) is 11.8 Å². The lowest BCUT2D eigenvalue weighted by Crippen LogP contribution is -2.20. The Morgan fingerprint density at radius 3 is 2.12 bits per heavy atom. The van der Waals surface area contributed by atoms with E-state index in [1.54, 1.807) is 13.8 Å². The number of carbonyl (C=O) groups excluding carboxylic acids is 3. The summed E-state index contributed by atoms with van der Waals surface area (Å²) in [6, 6.07) is 0. The molecule has 0 aromatic carbocycles. The summed E-state index contributed by atoms with van der Waals surface area (Å²) in [5.41, 5.74) is -0.445. The van der Waals surface area contributed by atoms with E-state index in [1.807, 2.05) is 0 Å². The maximum atomic E-state index is 11.3. The van der Waals surface area contributed by atoms with Gasteiger partial charge in [0.15, 0.2) is 5.57 Å². The van der Waals surface area contributed by atoms with Crippen molar-refractivity contribution in [2.45, 2.75) is 20.8 Å². The average molecular weight is 230 g/mol. The van der Waals surface area contributed by atoms with Gasteiger partial charge >= 0.3 is 17.9 Å². The van der Waals surface area contributed by atoms with E-state index < -0.39 is 23.5 Å². The van der Waals surface area contributed by atoms with E-state index in [-0.39, 0.29) is 13.2 Å². The number of hydrogen-bond acceptors (Lipinski definition) is 6. The molecule has 0 bridgehead atoms. The van der Waals surface area contributed by atoms with E-state index in [2.05, 4.69) is 9.47 Å². The maximum absolute atomic E-state index is 11.3. The van der Waals surface area contributed by atoms with Crippen molar-refractivity contribution in [1.82, 2.24) is 0 Å². The first-order chi connectivity index (χ1) is 7.52. The van der Waals surface area contributed by atoms with Crippen molar-refractivity contribution in [2.24, 2.45) is 0 Å². The molecule has 90 valence electrons. The largest absolute Gasteiger partial charge is 0.500 e. The molecule has 0 spiro atoms. The van der Waals surface area contributed by atoms with Crippen molar-refractivity contribution in [3.8, 4) is 0 Å². The zero-order valence-corrected chi connectivity index (χ0v) is 9.44. The fourth-order valence-corrected chi connectivity index (χ4v) is 0.741. The van der Waals surface area contributed by atoms with E-state index in [4.69, 9.17) is 4.74 Å². The summed E-state index contributed by atoms with van der Waals surface area (Å²) in [6.45, 7) is 4.70. The van der Waals surface area contributed by atoms with Gasteiger partial charge in [0, 0.05) is 6.92 Å². The lowest BCUT2D eigenvalue weighted by molar-refractivity contribution is -0.157. The van der Waals surface area contributed by atoms with Crippen molar-refractivity contribution in [2.75, 3.05) is 13.2 Å². The zero-order valence-electron chi connectivity index (χ0n) is 9.44. The fourth-order valence-electron chi connectivity index (χ4n) is 0.741. The third-order valence-electron chi connectivity index (χ3n) is 1.32. The Kier molecular flexibility index (Phi) is 6.58. The fraction of sp³-hybridized carbons (Fsp3) is 0.500. The van der Waals surface area contributed by atoms with Crippen LogP contribution in [-0.2, 0) is 28.6 Å². The van der Waals surface area contributed by atoms with E-state index in [9.17, 15) is 14.4 Å². The first-order valence-corrected chi connectivity index (χ1v) is 4.74. The molecule has 0 aliphatic heterocycles. The molecular formula is C10H14O6. The monoisotopic (exact) mass is 230 g/mol. The lowest BCUT2D eigenvalue weighted by atomic mass is 10.3. The topological polar surface area (TPSA) is 78.9 Å². The van der Waals surface area contributed by atoms with Gasteiger partial charge in [-0.25, -0.2) is 9.59 Å².